The maximum absolute atomic E-state index is 11.6. The minimum Gasteiger partial charge on any atom is -0.395 e. The van der Waals surface area contributed by atoms with Gasteiger partial charge in [-0.1, -0.05) is 12.1 Å². The van der Waals surface area contributed by atoms with Crippen LogP contribution >= 0.6 is 0 Å². The lowest BCUT2D eigenvalue weighted by Crippen LogP contribution is -2.37. The van der Waals surface area contributed by atoms with Crippen LogP contribution in [-0.2, 0) is 4.79 Å². The third kappa shape index (κ3) is 5.44. The van der Waals surface area contributed by atoms with Crippen LogP contribution < -0.4 is 5.32 Å². The number of amides is 1. The summed E-state index contributed by atoms with van der Waals surface area (Å²) in [5, 5.41) is 20.3. The highest BCUT2D eigenvalue weighted by Crippen LogP contribution is 2.04. The van der Waals surface area contributed by atoms with Gasteiger partial charge in [-0.05, 0) is 18.2 Å². The van der Waals surface area contributed by atoms with Gasteiger partial charge in [0, 0.05) is 18.8 Å². The zero-order chi connectivity index (χ0) is 12.5. The zero-order valence-corrected chi connectivity index (χ0v) is 9.59. The molecule has 1 amide bonds. The largest absolute Gasteiger partial charge is 0.395 e. The Kier molecular flexibility index (Phi) is 6.24. The topological polar surface area (TPSA) is 72.8 Å². The molecule has 1 radical (unpaired) electrons. The van der Waals surface area contributed by atoms with Crippen molar-refractivity contribution in [2.45, 2.75) is 0 Å². The third-order valence-electron chi connectivity index (χ3n) is 2.20. The fraction of sp³-hybridized carbons (Fsp3) is 0.417. The van der Waals surface area contributed by atoms with E-state index in [-0.39, 0.29) is 25.7 Å². The third-order valence-corrected chi connectivity index (χ3v) is 2.20. The second-order valence-corrected chi connectivity index (χ2v) is 3.56. The highest BCUT2D eigenvalue weighted by molar-refractivity contribution is 5.92. The van der Waals surface area contributed by atoms with Crippen molar-refractivity contribution in [2.24, 2.45) is 0 Å². The van der Waals surface area contributed by atoms with Crippen molar-refractivity contribution in [3.8, 4) is 0 Å². The lowest BCUT2D eigenvalue weighted by atomic mass is 10.3. The van der Waals surface area contributed by atoms with E-state index < -0.39 is 0 Å². The molecule has 1 rings (SSSR count). The fourth-order valence-corrected chi connectivity index (χ4v) is 1.43. The van der Waals surface area contributed by atoms with E-state index in [2.05, 4.69) is 11.4 Å². The summed E-state index contributed by atoms with van der Waals surface area (Å²) in [6.45, 7) is 0.827. The first-order chi connectivity index (χ1) is 8.26. The Balaban J connectivity index is 2.42. The molecule has 0 bridgehead atoms. The van der Waals surface area contributed by atoms with Crippen LogP contribution in [-0.4, -0.2) is 53.9 Å². The van der Waals surface area contributed by atoms with Crippen molar-refractivity contribution in [3.63, 3.8) is 0 Å². The van der Waals surface area contributed by atoms with Crippen LogP contribution in [0.25, 0.3) is 0 Å². The van der Waals surface area contributed by atoms with E-state index in [0.717, 1.165) is 0 Å². The number of nitrogens with zero attached hydrogens (tertiary/aromatic N) is 1. The molecule has 93 valence electrons. The average molecular weight is 237 g/mol. The summed E-state index contributed by atoms with van der Waals surface area (Å²) in [5.74, 6) is -0.168. The second kappa shape index (κ2) is 7.78. The van der Waals surface area contributed by atoms with Gasteiger partial charge in [0.2, 0.25) is 5.91 Å². The fourth-order valence-electron chi connectivity index (χ4n) is 1.43. The van der Waals surface area contributed by atoms with Gasteiger partial charge in [-0.3, -0.25) is 9.69 Å². The number of anilines is 1. The molecular formula is C12H17N2O3. The quantitative estimate of drug-likeness (QED) is 0.609. The van der Waals surface area contributed by atoms with Crippen LogP contribution in [0.3, 0.4) is 0 Å². The van der Waals surface area contributed by atoms with Gasteiger partial charge in [0.25, 0.3) is 0 Å². The summed E-state index contributed by atoms with van der Waals surface area (Å²) in [6, 6.07) is 9.79. The number of carbonyl (C=O) groups excluding carboxylic acids is 1. The number of benzene rings is 1. The molecule has 0 aliphatic carbocycles. The molecule has 1 aromatic rings. The molecule has 0 unspecified atom stereocenters. The summed E-state index contributed by atoms with van der Waals surface area (Å²) in [7, 11) is 0. The van der Waals surface area contributed by atoms with Crippen molar-refractivity contribution in [2.75, 3.05) is 38.2 Å². The summed E-state index contributed by atoms with van der Waals surface area (Å²) >= 11 is 0. The molecule has 0 heterocycles. The van der Waals surface area contributed by atoms with Crippen LogP contribution in [0.4, 0.5) is 5.69 Å². The SMILES string of the molecule is O=C(CN(CCO)CCO)Nc1cc[c]cc1. The van der Waals surface area contributed by atoms with Crippen molar-refractivity contribution >= 4 is 11.6 Å². The van der Waals surface area contributed by atoms with E-state index >= 15 is 0 Å². The van der Waals surface area contributed by atoms with Gasteiger partial charge in [-0.2, -0.15) is 0 Å². The molecule has 5 nitrogen and oxygen atoms in total. The van der Waals surface area contributed by atoms with Crippen molar-refractivity contribution in [3.05, 3.63) is 30.3 Å². The van der Waals surface area contributed by atoms with E-state index in [9.17, 15) is 4.79 Å². The number of hydrogen-bond acceptors (Lipinski definition) is 4. The maximum atomic E-state index is 11.6. The Morgan fingerprint density at radius 2 is 1.82 bits per heavy atom. The van der Waals surface area contributed by atoms with Gasteiger partial charge in [0.05, 0.1) is 19.8 Å². The second-order valence-electron chi connectivity index (χ2n) is 3.56. The lowest BCUT2D eigenvalue weighted by Gasteiger charge is -2.19. The first-order valence-electron chi connectivity index (χ1n) is 5.46. The molecule has 0 aliphatic rings. The molecule has 3 N–H and O–H groups in total. The molecule has 0 saturated carbocycles. The molecular weight excluding hydrogens is 220 g/mol. The Hall–Kier alpha value is -1.43. The van der Waals surface area contributed by atoms with Gasteiger partial charge in [0.1, 0.15) is 0 Å². The predicted molar refractivity (Wildman–Crippen MR) is 64.5 cm³/mol. The van der Waals surface area contributed by atoms with E-state index in [1.54, 1.807) is 29.2 Å². The van der Waals surface area contributed by atoms with E-state index in [1.165, 1.54) is 0 Å². The van der Waals surface area contributed by atoms with E-state index in [0.29, 0.717) is 18.8 Å². The van der Waals surface area contributed by atoms with Crippen LogP contribution in [0.2, 0.25) is 0 Å². The number of hydrogen-bond donors (Lipinski definition) is 3. The van der Waals surface area contributed by atoms with Gasteiger partial charge < -0.3 is 15.5 Å². The Labute approximate surface area is 101 Å². The normalized spacial score (nSPS) is 10.5. The summed E-state index contributed by atoms with van der Waals surface area (Å²) < 4.78 is 0. The first kappa shape index (κ1) is 13.6. The summed E-state index contributed by atoms with van der Waals surface area (Å²) in [4.78, 5) is 13.3. The van der Waals surface area contributed by atoms with E-state index in [4.69, 9.17) is 10.2 Å². The van der Waals surface area contributed by atoms with Crippen molar-refractivity contribution < 1.29 is 15.0 Å². The van der Waals surface area contributed by atoms with Gasteiger partial charge in [-0.25, -0.2) is 0 Å². The molecule has 0 spiro atoms. The number of aliphatic hydroxyl groups is 2. The molecule has 17 heavy (non-hydrogen) atoms. The number of rotatable bonds is 7. The lowest BCUT2D eigenvalue weighted by molar-refractivity contribution is -0.117. The molecule has 1 aromatic carbocycles. The standard InChI is InChI=1S/C12H17N2O3/c15-8-6-14(7-9-16)10-12(17)13-11-4-2-1-3-5-11/h2-5,15-16H,6-10H2,(H,13,17). The minimum atomic E-state index is -0.168. The van der Waals surface area contributed by atoms with Crippen LogP contribution in [0.15, 0.2) is 24.3 Å². The molecule has 0 aliphatic heterocycles. The van der Waals surface area contributed by atoms with Crippen molar-refractivity contribution in [1.82, 2.24) is 4.90 Å². The monoisotopic (exact) mass is 237 g/mol. The van der Waals surface area contributed by atoms with Crippen molar-refractivity contribution in [1.29, 1.82) is 0 Å². The summed E-state index contributed by atoms with van der Waals surface area (Å²) in [5.41, 5.74) is 0.710. The van der Waals surface area contributed by atoms with Gasteiger partial charge >= 0.3 is 0 Å². The molecule has 0 saturated heterocycles. The Bertz CT molecular complexity index is 324. The molecule has 5 heteroatoms. The number of nitrogens with one attached hydrogen (secondary N) is 1. The average Bonchev–Trinajstić information content (AvgIpc) is 2.30. The van der Waals surface area contributed by atoms with Gasteiger partial charge in [-0.15, -0.1) is 0 Å². The molecule has 0 aromatic heterocycles. The molecule has 0 atom stereocenters. The van der Waals surface area contributed by atoms with E-state index in [1.807, 2.05) is 0 Å². The molecule has 0 fully saturated rings. The maximum Gasteiger partial charge on any atom is 0.238 e. The highest BCUT2D eigenvalue weighted by atomic mass is 16.3. The Morgan fingerprint density at radius 1 is 1.24 bits per heavy atom. The minimum absolute atomic E-state index is 0.0341. The summed E-state index contributed by atoms with van der Waals surface area (Å²) in [6.07, 6.45) is 0. The van der Waals surface area contributed by atoms with Crippen LogP contribution in [0.5, 0.6) is 0 Å². The number of carbonyl (C=O) groups is 1. The first-order valence-corrected chi connectivity index (χ1v) is 5.46. The van der Waals surface area contributed by atoms with Gasteiger partial charge in [0.15, 0.2) is 0 Å². The zero-order valence-electron chi connectivity index (χ0n) is 9.59. The Morgan fingerprint density at radius 3 is 2.35 bits per heavy atom. The highest BCUT2D eigenvalue weighted by Gasteiger charge is 2.09. The smallest absolute Gasteiger partial charge is 0.238 e. The van der Waals surface area contributed by atoms with Crippen LogP contribution in [0.1, 0.15) is 0 Å². The number of aliphatic hydroxyl groups excluding tert-OH is 2. The van der Waals surface area contributed by atoms with Crippen LogP contribution in [0, 0.1) is 6.07 Å². The predicted octanol–water partition coefficient (Wildman–Crippen LogP) is -0.288.